The molecule has 0 saturated carbocycles. The van der Waals surface area contributed by atoms with Crippen LogP contribution in [0.2, 0.25) is 0 Å². The summed E-state index contributed by atoms with van der Waals surface area (Å²) in [6, 6.07) is 2.91. The van der Waals surface area contributed by atoms with Gasteiger partial charge in [0.2, 0.25) is 0 Å². The lowest BCUT2D eigenvalue weighted by molar-refractivity contribution is -0.140. The fraction of sp³-hybridized carbons (Fsp3) is 0.385. The molecule has 1 N–H and O–H groups in total. The number of halogens is 3. The maximum absolute atomic E-state index is 12.9. The Bertz CT molecular complexity index is 500. The molecule has 0 fully saturated rings. The van der Waals surface area contributed by atoms with Gasteiger partial charge in [-0.3, -0.25) is 9.59 Å². The average Bonchev–Trinajstić information content (AvgIpc) is 2.38. The van der Waals surface area contributed by atoms with Gasteiger partial charge in [0, 0.05) is 12.1 Å². The zero-order valence-electron chi connectivity index (χ0n) is 11.0. The fourth-order valence-electron chi connectivity index (χ4n) is 1.51. The van der Waals surface area contributed by atoms with Gasteiger partial charge in [-0.2, -0.15) is 13.2 Å². The molecule has 1 rings (SSSR count). The second-order valence-corrected chi connectivity index (χ2v) is 4.03. The van der Waals surface area contributed by atoms with E-state index in [0.29, 0.717) is 18.9 Å². The Kier molecular flexibility index (Phi) is 5.12. The highest BCUT2D eigenvalue weighted by molar-refractivity contribution is 5.80. The van der Waals surface area contributed by atoms with Gasteiger partial charge >= 0.3 is 6.18 Å². The van der Waals surface area contributed by atoms with Crippen molar-refractivity contribution in [3.05, 3.63) is 29.3 Å². The van der Waals surface area contributed by atoms with Crippen LogP contribution in [0.5, 0.6) is 5.75 Å². The van der Waals surface area contributed by atoms with Crippen molar-refractivity contribution in [2.24, 2.45) is 0 Å². The Morgan fingerprint density at radius 1 is 1.45 bits per heavy atom. The first-order chi connectivity index (χ1) is 9.29. The Balaban J connectivity index is 3.06. The summed E-state index contributed by atoms with van der Waals surface area (Å²) in [5.74, 6) is -0.998. The van der Waals surface area contributed by atoms with Gasteiger partial charge in [0.05, 0.1) is 5.56 Å². The maximum Gasteiger partial charge on any atom is 0.419 e. The summed E-state index contributed by atoms with van der Waals surface area (Å²) in [6.07, 6.45) is -5.43. The first-order valence-corrected chi connectivity index (χ1v) is 5.90. The van der Waals surface area contributed by atoms with Crippen molar-refractivity contribution in [3.63, 3.8) is 0 Å². The number of carbonyl (C=O) groups is 2. The summed E-state index contributed by atoms with van der Waals surface area (Å²) >= 11 is 0. The second-order valence-electron chi connectivity index (χ2n) is 4.03. The molecule has 1 aromatic carbocycles. The number of hydrogen-bond acceptors (Lipinski definition) is 3. The number of nitrogens with one attached hydrogen (secondary N) is 1. The molecule has 1 aromatic rings. The average molecular weight is 289 g/mol. The van der Waals surface area contributed by atoms with Gasteiger partial charge in [-0.25, -0.2) is 0 Å². The molecule has 0 aliphatic rings. The highest BCUT2D eigenvalue weighted by atomic mass is 19.4. The van der Waals surface area contributed by atoms with Crippen LogP contribution in [0.1, 0.15) is 29.8 Å². The van der Waals surface area contributed by atoms with Gasteiger partial charge in [0.1, 0.15) is 12.0 Å². The van der Waals surface area contributed by atoms with Crippen LogP contribution in [0.15, 0.2) is 18.2 Å². The molecule has 1 atom stereocenters. The molecule has 110 valence electrons. The van der Waals surface area contributed by atoms with E-state index in [-0.39, 0.29) is 5.56 Å². The predicted molar refractivity (Wildman–Crippen MR) is 65.6 cm³/mol. The van der Waals surface area contributed by atoms with Crippen LogP contribution in [0.25, 0.3) is 0 Å². The van der Waals surface area contributed by atoms with Crippen molar-refractivity contribution in [2.75, 3.05) is 6.54 Å². The van der Waals surface area contributed by atoms with Crippen LogP contribution < -0.4 is 10.1 Å². The number of likely N-dealkylation sites (N-methyl/N-ethyl adjacent to an activating group) is 1. The summed E-state index contributed by atoms with van der Waals surface area (Å²) in [5.41, 5.74) is -1.20. The van der Waals surface area contributed by atoms with E-state index in [1.54, 1.807) is 6.92 Å². The summed E-state index contributed by atoms with van der Waals surface area (Å²) in [4.78, 5) is 22.0. The Labute approximate surface area is 113 Å². The zero-order valence-corrected chi connectivity index (χ0v) is 11.0. The molecule has 0 saturated heterocycles. The van der Waals surface area contributed by atoms with Crippen LogP contribution in [-0.4, -0.2) is 24.8 Å². The molecule has 7 heteroatoms. The Morgan fingerprint density at radius 3 is 2.60 bits per heavy atom. The minimum atomic E-state index is -4.67. The highest BCUT2D eigenvalue weighted by Gasteiger charge is 2.35. The molecule has 0 heterocycles. The molecule has 4 nitrogen and oxygen atoms in total. The summed E-state index contributed by atoms with van der Waals surface area (Å²) < 4.78 is 43.6. The molecule has 1 unspecified atom stereocenters. The van der Waals surface area contributed by atoms with Crippen molar-refractivity contribution in [2.45, 2.75) is 26.1 Å². The monoisotopic (exact) mass is 289 g/mol. The third-order valence-electron chi connectivity index (χ3n) is 2.47. The van der Waals surface area contributed by atoms with Gasteiger partial charge in [-0.15, -0.1) is 0 Å². The van der Waals surface area contributed by atoms with Crippen LogP contribution in [0.3, 0.4) is 0 Å². The molecule has 0 spiro atoms. The van der Waals surface area contributed by atoms with Crippen LogP contribution in [-0.2, 0) is 11.0 Å². The maximum atomic E-state index is 12.9. The van der Waals surface area contributed by atoms with E-state index in [1.807, 2.05) is 0 Å². The molecule has 0 bridgehead atoms. The number of benzene rings is 1. The highest BCUT2D eigenvalue weighted by Crippen LogP contribution is 2.37. The summed E-state index contributed by atoms with van der Waals surface area (Å²) in [7, 11) is 0. The normalized spacial score (nSPS) is 12.7. The number of hydrogen-bond donors (Lipinski definition) is 1. The number of alkyl halides is 3. The smallest absolute Gasteiger partial charge is 0.419 e. The molecule has 0 aliphatic carbocycles. The lowest BCUT2D eigenvalue weighted by atomic mass is 10.1. The van der Waals surface area contributed by atoms with E-state index in [1.165, 1.54) is 13.0 Å². The number of aldehydes is 1. The van der Waals surface area contributed by atoms with Gasteiger partial charge in [-0.1, -0.05) is 0 Å². The first kappa shape index (κ1) is 16.0. The molecular weight excluding hydrogens is 275 g/mol. The molecule has 1 amide bonds. The van der Waals surface area contributed by atoms with Crippen molar-refractivity contribution in [3.8, 4) is 5.75 Å². The Hall–Kier alpha value is -2.05. The number of rotatable bonds is 5. The van der Waals surface area contributed by atoms with Gasteiger partial charge < -0.3 is 10.1 Å². The molecular formula is C13H14F3NO3. The van der Waals surface area contributed by atoms with Gasteiger partial charge in [0.25, 0.3) is 5.91 Å². The largest absolute Gasteiger partial charge is 0.480 e. The minimum absolute atomic E-state index is 0.115. The summed E-state index contributed by atoms with van der Waals surface area (Å²) in [6.45, 7) is 3.38. The third kappa shape index (κ3) is 3.97. The van der Waals surface area contributed by atoms with Crippen LogP contribution in [0.4, 0.5) is 13.2 Å². The lowest BCUT2D eigenvalue weighted by Gasteiger charge is -2.18. The zero-order chi connectivity index (χ0) is 15.3. The quantitative estimate of drug-likeness (QED) is 0.847. The van der Waals surface area contributed by atoms with Crippen molar-refractivity contribution in [1.29, 1.82) is 0 Å². The SMILES string of the molecule is CCNC(=O)C(C)Oc1ccc(C=O)cc1C(F)(F)F. The summed E-state index contributed by atoms with van der Waals surface area (Å²) in [5, 5.41) is 2.44. The molecule has 0 aromatic heterocycles. The standard InChI is InChI=1S/C13H14F3NO3/c1-3-17-12(19)8(2)20-11-5-4-9(7-18)6-10(11)13(14,15)16/h4-8H,3H2,1-2H3,(H,17,19). The van der Waals surface area contributed by atoms with Gasteiger partial charge in [0.15, 0.2) is 6.10 Å². The fourth-order valence-corrected chi connectivity index (χ4v) is 1.51. The van der Waals surface area contributed by atoms with E-state index in [4.69, 9.17) is 4.74 Å². The van der Waals surface area contributed by atoms with E-state index < -0.39 is 29.5 Å². The Morgan fingerprint density at radius 2 is 2.10 bits per heavy atom. The number of carbonyl (C=O) groups excluding carboxylic acids is 2. The number of amides is 1. The van der Waals surface area contributed by atoms with E-state index in [2.05, 4.69) is 5.32 Å². The first-order valence-electron chi connectivity index (χ1n) is 5.90. The van der Waals surface area contributed by atoms with E-state index in [0.717, 1.165) is 6.07 Å². The van der Waals surface area contributed by atoms with Crippen molar-refractivity contribution < 1.29 is 27.5 Å². The predicted octanol–water partition coefficient (Wildman–Crippen LogP) is 2.42. The third-order valence-corrected chi connectivity index (χ3v) is 2.47. The lowest BCUT2D eigenvalue weighted by Crippen LogP contribution is -2.36. The van der Waals surface area contributed by atoms with Crippen molar-refractivity contribution >= 4 is 12.2 Å². The van der Waals surface area contributed by atoms with E-state index >= 15 is 0 Å². The second kappa shape index (κ2) is 6.40. The molecule has 20 heavy (non-hydrogen) atoms. The number of ether oxygens (including phenoxy) is 1. The topological polar surface area (TPSA) is 55.4 Å². The minimum Gasteiger partial charge on any atom is -0.480 e. The van der Waals surface area contributed by atoms with Gasteiger partial charge in [-0.05, 0) is 32.0 Å². The van der Waals surface area contributed by atoms with E-state index in [9.17, 15) is 22.8 Å². The molecule has 0 aliphatic heterocycles. The molecule has 0 radical (unpaired) electrons. The van der Waals surface area contributed by atoms with Crippen LogP contribution >= 0.6 is 0 Å². The van der Waals surface area contributed by atoms with Crippen LogP contribution in [0, 0.1) is 0 Å². The van der Waals surface area contributed by atoms with Crippen molar-refractivity contribution in [1.82, 2.24) is 5.32 Å².